The molecule has 7 heteroatoms. The molecule has 1 aliphatic heterocycles. The first-order valence-electron chi connectivity index (χ1n) is 9.56. The summed E-state index contributed by atoms with van der Waals surface area (Å²) >= 11 is 6.08. The smallest absolute Gasteiger partial charge is 0.238 e. The maximum absolute atomic E-state index is 13.0. The van der Waals surface area contributed by atoms with Crippen LogP contribution in [0.3, 0.4) is 0 Å². The summed E-state index contributed by atoms with van der Waals surface area (Å²) in [5.41, 5.74) is 1.12. The highest BCUT2D eigenvalue weighted by Crippen LogP contribution is 2.47. The first kappa shape index (κ1) is 18.7. The summed E-state index contributed by atoms with van der Waals surface area (Å²) < 4.78 is 0. The molecule has 28 heavy (non-hydrogen) atoms. The van der Waals surface area contributed by atoms with Gasteiger partial charge in [-0.15, -0.1) is 0 Å². The number of carbonyl (C=O) groups is 2. The fourth-order valence-corrected chi connectivity index (χ4v) is 3.85. The van der Waals surface area contributed by atoms with E-state index < -0.39 is 5.41 Å². The monoisotopic (exact) mass is 398 g/mol. The van der Waals surface area contributed by atoms with E-state index in [1.807, 2.05) is 41.3 Å². The standard InChI is InChI=1S/C21H23ClN4O2/c22-17-4-1-5-18(13-17)25-9-11-26(12-10-25)20(28)21(6-7-21)19(27)24-15-16-3-2-8-23-14-16/h1-5,8,13-14H,6-7,9-12,15H2,(H,24,27). The summed E-state index contributed by atoms with van der Waals surface area (Å²) in [6, 6.07) is 11.5. The Kier molecular flexibility index (Phi) is 5.22. The normalized spacial score (nSPS) is 17.9. The van der Waals surface area contributed by atoms with Crippen LogP contribution in [0.15, 0.2) is 48.8 Å². The van der Waals surface area contributed by atoms with Crippen molar-refractivity contribution < 1.29 is 9.59 Å². The van der Waals surface area contributed by atoms with E-state index in [1.165, 1.54) is 0 Å². The molecule has 0 unspecified atom stereocenters. The number of nitrogens with zero attached hydrogens (tertiary/aromatic N) is 3. The van der Waals surface area contributed by atoms with Crippen molar-refractivity contribution in [1.29, 1.82) is 0 Å². The molecule has 1 aliphatic carbocycles. The largest absolute Gasteiger partial charge is 0.368 e. The van der Waals surface area contributed by atoms with Gasteiger partial charge in [-0.1, -0.05) is 23.7 Å². The number of rotatable bonds is 5. The number of amides is 2. The molecule has 2 aliphatic rings. The number of halogens is 1. The first-order valence-corrected chi connectivity index (χ1v) is 9.93. The topological polar surface area (TPSA) is 65.5 Å². The molecule has 2 heterocycles. The highest BCUT2D eigenvalue weighted by Gasteiger charge is 2.58. The third-order valence-electron chi connectivity index (χ3n) is 5.51. The second kappa shape index (κ2) is 7.80. The average molecular weight is 399 g/mol. The number of anilines is 1. The minimum atomic E-state index is -0.875. The number of benzene rings is 1. The summed E-state index contributed by atoms with van der Waals surface area (Å²) in [5.74, 6) is -0.208. The Balaban J connectivity index is 1.33. The molecule has 1 N–H and O–H groups in total. The minimum absolute atomic E-state index is 0.0399. The molecule has 1 aromatic heterocycles. The third-order valence-corrected chi connectivity index (χ3v) is 5.75. The maximum Gasteiger partial charge on any atom is 0.238 e. The van der Waals surface area contributed by atoms with Crippen LogP contribution in [-0.4, -0.2) is 47.9 Å². The van der Waals surface area contributed by atoms with Crippen molar-refractivity contribution in [3.63, 3.8) is 0 Å². The number of aromatic nitrogens is 1. The second-order valence-corrected chi connectivity index (χ2v) is 7.82. The van der Waals surface area contributed by atoms with Gasteiger partial charge in [-0.05, 0) is 42.7 Å². The zero-order valence-corrected chi connectivity index (χ0v) is 16.4. The van der Waals surface area contributed by atoms with Gasteiger partial charge in [0.25, 0.3) is 0 Å². The van der Waals surface area contributed by atoms with Gasteiger partial charge >= 0.3 is 0 Å². The SMILES string of the molecule is O=C(NCc1cccnc1)C1(C(=O)N2CCN(c3cccc(Cl)c3)CC2)CC1. The van der Waals surface area contributed by atoms with E-state index in [4.69, 9.17) is 11.6 Å². The summed E-state index contributed by atoms with van der Waals surface area (Å²) in [5, 5.41) is 3.62. The molecule has 6 nitrogen and oxygen atoms in total. The molecule has 1 saturated carbocycles. The predicted octanol–water partition coefficient (Wildman–Crippen LogP) is 2.48. The van der Waals surface area contributed by atoms with Crippen molar-refractivity contribution in [3.8, 4) is 0 Å². The molecule has 0 atom stereocenters. The maximum atomic E-state index is 13.0. The molecule has 0 bridgehead atoms. The molecule has 4 rings (SSSR count). The lowest BCUT2D eigenvalue weighted by Gasteiger charge is -2.37. The molecule has 0 radical (unpaired) electrons. The Morgan fingerprint density at radius 2 is 1.89 bits per heavy atom. The van der Waals surface area contributed by atoms with Crippen LogP contribution < -0.4 is 10.2 Å². The van der Waals surface area contributed by atoms with Crippen molar-refractivity contribution in [2.75, 3.05) is 31.1 Å². The average Bonchev–Trinajstić information content (AvgIpc) is 3.54. The van der Waals surface area contributed by atoms with Gasteiger partial charge in [0.15, 0.2) is 0 Å². The lowest BCUT2D eigenvalue weighted by atomic mass is 10.0. The van der Waals surface area contributed by atoms with Crippen LogP contribution in [0, 0.1) is 5.41 Å². The second-order valence-electron chi connectivity index (χ2n) is 7.39. The first-order chi connectivity index (χ1) is 13.6. The zero-order valence-electron chi connectivity index (χ0n) is 15.6. The van der Waals surface area contributed by atoms with Crippen molar-refractivity contribution in [2.45, 2.75) is 19.4 Å². The van der Waals surface area contributed by atoms with Crippen LogP contribution in [-0.2, 0) is 16.1 Å². The van der Waals surface area contributed by atoms with E-state index in [9.17, 15) is 9.59 Å². The summed E-state index contributed by atoms with van der Waals surface area (Å²) in [7, 11) is 0. The zero-order chi connectivity index (χ0) is 19.6. The fraction of sp³-hybridized carbons (Fsp3) is 0.381. The highest BCUT2D eigenvalue weighted by molar-refractivity contribution is 6.30. The predicted molar refractivity (Wildman–Crippen MR) is 108 cm³/mol. The number of hydrogen-bond acceptors (Lipinski definition) is 4. The van der Waals surface area contributed by atoms with Crippen LogP contribution in [0.5, 0.6) is 0 Å². The Hall–Kier alpha value is -2.60. The van der Waals surface area contributed by atoms with Gasteiger partial charge in [-0.25, -0.2) is 0 Å². The molecule has 1 saturated heterocycles. The molecular formula is C21H23ClN4O2. The molecule has 146 valence electrons. The van der Waals surface area contributed by atoms with Gasteiger partial charge < -0.3 is 15.1 Å². The van der Waals surface area contributed by atoms with Crippen molar-refractivity contribution in [1.82, 2.24) is 15.2 Å². The number of hydrogen-bond donors (Lipinski definition) is 1. The molecule has 0 spiro atoms. The Morgan fingerprint density at radius 1 is 1.11 bits per heavy atom. The molecule has 2 amide bonds. The number of pyridine rings is 1. The van der Waals surface area contributed by atoms with Gasteiger partial charge in [0, 0.05) is 55.8 Å². The Morgan fingerprint density at radius 3 is 2.54 bits per heavy atom. The van der Waals surface area contributed by atoms with Crippen LogP contribution in [0.1, 0.15) is 18.4 Å². The van der Waals surface area contributed by atoms with Crippen LogP contribution in [0.25, 0.3) is 0 Å². The summed E-state index contributed by atoms with van der Waals surface area (Å²) in [6.45, 7) is 3.09. The number of nitrogens with one attached hydrogen (secondary N) is 1. The molecular weight excluding hydrogens is 376 g/mol. The van der Waals surface area contributed by atoms with E-state index >= 15 is 0 Å². The van der Waals surface area contributed by atoms with E-state index in [-0.39, 0.29) is 11.8 Å². The van der Waals surface area contributed by atoms with Crippen LogP contribution in [0.4, 0.5) is 5.69 Å². The van der Waals surface area contributed by atoms with Crippen molar-refractivity contribution in [2.24, 2.45) is 5.41 Å². The lowest BCUT2D eigenvalue weighted by Crippen LogP contribution is -2.53. The molecule has 1 aromatic carbocycles. The highest BCUT2D eigenvalue weighted by atomic mass is 35.5. The van der Waals surface area contributed by atoms with E-state index in [1.54, 1.807) is 12.4 Å². The molecule has 2 fully saturated rings. The van der Waals surface area contributed by atoms with Crippen LogP contribution in [0.2, 0.25) is 5.02 Å². The van der Waals surface area contributed by atoms with Gasteiger partial charge in [-0.3, -0.25) is 14.6 Å². The van der Waals surface area contributed by atoms with E-state index in [0.29, 0.717) is 37.5 Å². The Labute approximate surface area is 169 Å². The summed E-state index contributed by atoms with van der Waals surface area (Å²) in [6.07, 6.45) is 4.66. The van der Waals surface area contributed by atoms with Crippen molar-refractivity contribution in [3.05, 3.63) is 59.4 Å². The van der Waals surface area contributed by atoms with Gasteiger partial charge in [-0.2, -0.15) is 0 Å². The number of piperazine rings is 1. The minimum Gasteiger partial charge on any atom is -0.368 e. The quantitative estimate of drug-likeness (QED) is 0.786. The third kappa shape index (κ3) is 3.83. The van der Waals surface area contributed by atoms with Gasteiger partial charge in [0.05, 0.1) is 0 Å². The van der Waals surface area contributed by atoms with E-state index in [2.05, 4.69) is 15.2 Å². The van der Waals surface area contributed by atoms with Gasteiger partial charge in [0.1, 0.15) is 5.41 Å². The van der Waals surface area contributed by atoms with Gasteiger partial charge in [0.2, 0.25) is 11.8 Å². The van der Waals surface area contributed by atoms with E-state index in [0.717, 1.165) is 24.3 Å². The van der Waals surface area contributed by atoms with Crippen molar-refractivity contribution >= 4 is 29.1 Å². The molecule has 2 aromatic rings. The lowest BCUT2D eigenvalue weighted by molar-refractivity contribution is -0.144. The number of carbonyl (C=O) groups excluding carboxylic acids is 2. The van der Waals surface area contributed by atoms with Crippen LogP contribution >= 0.6 is 11.6 Å². The summed E-state index contributed by atoms with van der Waals surface area (Å²) in [4.78, 5) is 33.8. The Bertz CT molecular complexity index is 862. The fourth-order valence-electron chi connectivity index (χ4n) is 3.66.